The molecular weight excluding hydrogens is 374 g/mol. The maximum Gasteiger partial charge on any atom is 0.355 e. The summed E-state index contributed by atoms with van der Waals surface area (Å²) in [6, 6.07) is 13.1. The fraction of sp³-hybridized carbons (Fsp3) is 0.238. The van der Waals surface area contributed by atoms with Crippen molar-refractivity contribution < 1.29 is 23.9 Å². The van der Waals surface area contributed by atoms with Crippen LogP contribution in [0.15, 0.2) is 53.6 Å². The molecule has 0 aliphatic carbocycles. The summed E-state index contributed by atoms with van der Waals surface area (Å²) in [7, 11) is 2.68. The molecule has 2 aromatic rings. The Morgan fingerprint density at radius 1 is 0.966 bits per heavy atom. The van der Waals surface area contributed by atoms with Crippen molar-refractivity contribution in [3.63, 3.8) is 0 Å². The third-order valence-electron chi connectivity index (χ3n) is 5.13. The highest BCUT2D eigenvalue weighted by atomic mass is 16.5. The Hall–Kier alpha value is -3.68. The normalized spacial score (nSPS) is 20.6. The SMILES string of the molecule is COC(=O)C1=NN(c2ccccc2C)C2C(=O)N(c3ccccc3OC)C(=O)C12. The molecule has 2 atom stereocenters. The number of hydrogen-bond donors (Lipinski definition) is 0. The Bertz CT molecular complexity index is 1050. The molecule has 0 radical (unpaired) electrons. The number of benzene rings is 2. The number of nitrogens with zero attached hydrogens (tertiary/aromatic N) is 3. The van der Waals surface area contributed by atoms with Crippen molar-refractivity contribution in [3.8, 4) is 5.75 Å². The first-order valence-corrected chi connectivity index (χ1v) is 9.02. The van der Waals surface area contributed by atoms with E-state index < -0.39 is 29.7 Å². The number of para-hydroxylation sites is 3. The van der Waals surface area contributed by atoms with Crippen molar-refractivity contribution in [2.75, 3.05) is 24.1 Å². The number of carbonyl (C=O) groups is 3. The number of imide groups is 1. The number of aryl methyl sites for hydroxylation is 1. The molecule has 1 fully saturated rings. The molecule has 2 aromatic carbocycles. The predicted octanol–water partition coefficient (Wildman–Crippen LogP) is 1.91. The zero-order chi connectivity index (χ0) is 20.7. The molecular formula is C21H19N3O5. The van der Waals surface area contributed by atoms with Gasteiger partial charge in [-0.25, -0.2) is 9.69 Å². The maximum absolute atomic E-state index is 13.4. The Labute approximate surface area is 167 Å². The smallest absolute Gasteiger partial charge is 0.355 e. The Morgan fingerprint density at radius 2 is 1.62 bits per heavy atom. The first kappa shape index (κ1) is 18.7. The maximum atomic E-state index is 13.4. The number of carbonyl (C=O) groups excluding carboxylic acids is 3. The number of rotatable bonds is 4. The summed E-state index contributed by atoms with van der Waals surface area (Å²) in [5, 5.41) is 5.77. The molecule has 0 saturated carbocycles. The van der Waals surface area contributed by atoms with Crippen LogP contribution in [0.5, 0.6) is 5.75 Å². The van der Waals surface area contributed by atoms with Gasteiger partial charge in [0.2, 0.25) is 5.91 Å². The van der Waals surface area contributed by atoms with Gasteiger partial charge in [-0.05, 0) is 30.7 Å². The van der Waals surface area contributed by atoms with Crippen LogP contribution in [-0.4, -0.2) is 43.8 Å². The third-order valence-corrected chi connectivity index (χ3v) is 5.13. The molecule has 0 aromatic heterocycles. The number of hydrogen-bond acceptors (Lipinski definition) is 7. The number of anilines is 2. The first-order valence-electron chi connectivity index (χ1n) is 9.02. The highest BCUT2D eigenvalue weighted by Gasteiger charge is 2.59. The van der Waals surface area contributed by atoms with E-state index in [9.17, 15) is 14.4 Å². The van der Waals surface area contributed by atoms with E-state index in [-0.39, 0.29) is 5.71 Å². The second-order valence-corrected chi connectivity index (χ2v) is 6.71. The molecule has 1 saturated heterocycles. The van der Waals surface area contributed by atoms with Gasteiger partial charge in [0.05, 0.1) is 25.6 Å². The number of fused-ring (bicyclic) bond motifs is 1. The van der Waals surface area contributed by atoms with Crippen LogP contribution in [0.2, 0.25) is 0 Å². The summed E-state index contributed by atoms with van der Waals surface area (Å²) in [5.74, 6) is -2.42. The minimum Gasteiger partial charge on any atom is -0.495 e. The highest BCUT2D eigenvalue weighted by molar-refractivity contribution is 6.47. The summed E-state index contributed by atoms with van der Waals surface area (Å²) in [5.41, 5.74) is 1.74. The molecule has 8 heteroatoms. The lowest BCUT2D eigenvalue weighted by Gasteiger charge is -2.24. The lowest BCUT2D eigenvalue weighted by Crippen LogP contribution is -2.39. The van der Waals surface area contributed by atoms with E-state index in [1.807, 2.05) is 25.1 Å². The van der Waals surface area contributed by atoms with Crippen molar-refractivity contribution in [1.82, 2.24) is 0 Å². The fourth-order valence-electron chi connectivity index (χ4n) is 3.76. The molecule has 29 heavy (non-hydrogen) atoms. The summed E-state index contributed by atoms with van der Waals surface area (Å²) in [6.07, 6.45) is 0. The van der Waals surface area contributed by atoms with E-state index in [2.05, 4.69) is 5.10 Å². The van der Waals surface area contributed by atoms with Crippen LogP contribution in [-0.2, 0) is 19.1 Å². The molecule has 2 unspecified atom stereocenters. The highest BCUT2D eigenvalue weighted by Crippen LogP contribution is 2.41. The van der Waals surface area contributed by atoms with Gasteiger partial charge >= 0.3 is 5.97 Å². The number of ether oxygens (including phenoxy) is 2. The number of methoxy groups -OCH3 is 2. The second kappa shape index (κ2) is 7.05. The topological polar surface area (TPSA) is 88.5 Å². The van der Waals surface area contributed by atoms with Crippen molar-refractivity contribution in [3.05, 3.63) is 54.1 Å². The lowest BCUT2D eigenvalue weighted by atomic mass is 9.97. The molecule has 148 valence electrons. The lowest BCUT2D eigenvalue weighted by molar-refractivity contribution is -0.133. The van der Waals surface area contributed by atoms with Crippen LogP contribution in [0.3, 0.4) is 0 Å². The third kappa shape index (κ3) is 2.75. The monoisotopic (exact) mass is 393 g/mol. The number of amides is 2. The van der Waals surface area contributed by atoms with Gasteiger partial charge in [0.15, 0.2) is 5.71 Å². The van der Waals surface area contributed by atoms with Gasteiger partial charge in [0.25, 0.3) is 5.91 Å². The molecule has 2 heterocycles. The van der Waals surface area contributed by atoms with Crippen LogP contribution < -0.4 is 14.6 Å². The number of hydrazone groups is 1. The zero-order valence-corrected chi connectivity index (χ0v) is 16.2. The molecule has 2 aliphatic heterocycles. The minimum atomic E-state index is -1.06. The van der Waals surface area contributed by atoms with Gasteiger partial charge in [0.1, 0.15) is 17.7 Å². The average molecular weight is 393 g/mol. The molecule has 0 N–H and O–H groups in total. The predicted molar refractivity (Wildman–Crippen MR) is 106 cm³/mol. The van der Waals surface area contributed by atoms with Gasteiger partial charge in [-0.3, -0.25) is 14.6 Å². The van der Waals surface area contributed by atoms with Crippen molar-refractivity contribution >= 4 is 34.9 Å². The average Bonchev–Trinajstić information content (AvgIpc) is 3.25. The van der Waals surface area contributed by atoms with E-state index in [0.717, 1.165) is 10.5 Å². The van der Waals surface area contributed by atoms with Gasteiger partial charge in [0, 0.05) is 0 Å². The fourth-order valence-corrected chi connectivity index (χ4v) is 3.76. The zero-order valence-electron chi connectivity index (χ0n) is 16.2. The van der Waals surface area contributed by atoms with Crippen LogP contribution in [0.1, 0.15) is 5.56 Å². The summed E-state index contributed by atoms with van der Waals surface area (Å²) in [6.45, 7) is 1.87. The molecule has 0 spiro atoms. The van der Waals surface area contributed by atoms with Gasteiger partial charge in [-0.1, -0.05) is 30.3 Å². The van der Waals surface area contributed by atoms with E-state index >= 15 is 0 Å². The van der Waals surface area contributed by atoms with Crippen LogP contribution in [0, 0.1) is 12.8 Å². The van der Waals surface area contributed by atoms with E-state index in [4.69, 9.17) is 9.47 Å². The first-order chi connectivity index (χ1) is 14.0. The van der Waals surface area contributed by atoms with Crippen LogP contribution in [0.4, 0.5) is 11.4 Å². The van der Waals surface area contributed by atoms with Crippen molar-refractivity contribution in [1.29, 1.82) is 0 Å². The van der Waals surface area contributed by atoms with E-state index in [0.29, 0.717) is 17.1 Å². The van der Waals surface area contributed by atoms with Gasteiger partial charge in [-0.15, -0.1) is 0 Å². The Morgan fingerprint density at radius 3 is 2.28 bits per heavy atom. The quantitative estimate of drug-likeness (QED) is 0.582. The minimum absolute atomic E-state index is 0.0866. The van der Waals surface area contributed by atoms with E-state index in [1.165, 1.54) is 19.2 Å². The Kier molecular flexibility index (Phi) is 4.54. The summed E-state index contributed by atoms with van der Waals surface area (Å²) >= 11 is 0. The molecule has 2 aliphatic rings. The standard InChI is InChI=1S/C21H19N3O5/c1-12-8-4-5-9-13(12)24-18-16(17(22-24)21(27)29-3)19(25)23(20(18)26)14-10-6-7-11-15(14)28-2/h4-11,16,18H,1-3H3. The van der Waals surface area contributed by atoms with E-state index in [1.54, 1.807) is 30.3 Å². The molecule has 0 bridgehead atoms. The molecule has 4 rings (SSSR count). The Balaban J connectivity index is 1.85. The molecule has 2 amide bonds. The van der Waals surface area contributed by atoms with Crippen molar-refractivity contribution in [2.24, 2.45) is 11.0 Å². The second-order valence-electron chi connectivity index (χ2n) is 6.71. The van der Waals surface area contributed by atoms with Gasteiger partial charge in [-0.2, -0.15) is 5.10 Å². The number of esters is 1. The molecule has 8 nitrogen and oxygen atoms in total. The van der Waals surface area contributed by atoms with Crippen LogP contribution in [0.25, 0.3) is 0 Å². The largest absolute Gasteiger partial charge is 0.495 e. The summed E-state index contributed by atoms with van der Waals surface area (Å²) in [4.78, 5) is 40.1. The summed E-state index contributed by atoms with van der Waals surface area (Å²) < 4.78 is 10.1. The van der Waals surface area contributed by atoms with Gasteiger partial charge < -0.3 is 9.47 Å². The van der Waals surface area contributed by atoms with Crippen molar-refractivity contribution in [2.45, 2.75) is 13.0 Å². The van der Waals surface area contributed by atoms with Crippen LogP contribution >= 0.6 is 0 Å².